The van der Waals surface area contributed by atoms with Crippen molar-refractivity contribution in [3.05, 3.63) is 54.3 Å². The Balaban J connectivity index is 2.21. The van der Waals surface area contributed by atoms with Gasteiger partial charge in [-0.2, -0.15) is 0 Å². The van der Waals surface area contributed by atoms with Crippen LogP contribution >= 0.6 is 11.6 Å². The smallest absolute Gasteiger partial charge is 0.131 e. The molecule has 0 aliphatic carbocycles. The molecule has 0 fully saturated rings. The van der Waals surface area contributed by atoms with E-state index in [0.717, 1.165) is 11.3 Å². The first-order valence-electron chi connectivity index (χ1n) is 5.35. The number of hydrogen-bond acceptors (Lipinski definition) is 1. The lowest BCUT2D eigenvalue weighted by atomic mass is 10.1. The number of ether oxygens (including phenoxy) is 1. The highest BCUT2D eigenvalue weighted by molar-refractivity contribution is 6.18. The van der Waals surface area contributed by atoms with Crippen LogP contribution in [0.3, 0.4) is 0 Å². The first kappa shape index (κ1) is 11.9. The topological polar surface area (TPSA) is 9.23 Å². The van der Waals surface area contributed by atoms with Crippen LogP contribution in [0.5, 0.6) is 5.75 Å². The van der Waals surface area contributed by atoms with Gasteiger partial charge in [0, 0.05) is 5.56 Å². The van der Waals surface area contributed by atoms with E-state index in [2.05, 4.69) is 0 Å². The molecule has 0 bridgehead atoms. The molecule has 0 saturated heterocycles. The summed E-state index contributed by atoms with van der Waals surface area (Å²) in [5, 5.41) is 0. The van der Waals surface area contributed by atoms with Gasteiger partial charge in [-0.3, -0.25) is 0 Å². The lowest BCUT2D eigenvalue weighted by Crippen LogP contribution is -1.97. The predicted molar refractivity (Wildman–Crippen MR) is 68.1 cm³/mol. The molecule has 0 amide bonds. The average molecular weight is 251 g/mol. The van der Waals surface area contributed by atoms with Gasteiger partial charge in [-0.1, -0.05) is 30.3 Å². The summed E-state index contributed by atoms with van der Waals surface area (Å²) in [5.41, 5.74) is 1.43. The minimum atomic E-state index is -0.220. The fraction of sp³-hybridized carbons (Fsp3) is 0.143. The van der Waals surface area contributed by atoms with Gasteiger partial charge in [0.05, 0.1) is 5.88 Å². The molecule has 0 aromatic heterocycles. The van der Waals surface area contributed by atoms with Gasteiger partial charge in [0.1, 0.15) is 18.2 Å². The maximum absolute atomic E-state index is 13.5. The number of benzene rings is 2. The minimum Gasteiger partial charge on any atom is -0.492 e. The molecule has 2 aromatic carbocycles. The largest absolute Gasteiger partial charge is 0.492 e. The Kier molecular flexibility index (Phi) is 3.99. The molecular formula is C14H12ClFO. The number of hydrogen-bond donors (Lipinski definition) is 0. The van der Waals surface area contributed by atoms with E-state index in [1.54, 1.807) is 12.1 Å². The third-order valence-electron chi connectivity index (χ3n) is 2.39. The Labute approximate surface area is 105 Å². The van der Waals surface area contributed by atoms with E-state index in [0.29, 0.717) is 18.1 Å². The fourth-order valence-electron chi connectivity index (χ4n) is 1.58. The van der Waals surface area contributed by atoms with Gasteiger partial charge >= 0.3 is 0 Å². The summed E-state index contributed by atoms with van der Waals surface area (Å²) in [6.45, 7) is 0.473. The monoisotopic (exact) mass is 250 g/mol. The highest BCUT2D eigenvalue weighted by Gasteiger charge is 2.03. The van der Waals surface area contributed by atoms with Crippen molar-refractivity contribution >= 4 is 11.6 Å². The van der Waals surface area contributed by atoms with Gasteiger partial charge in [0.25, 0.3) is 0 Å². The molecule has 0 heterocycles. The van der Waals surface area contributed by atoms with E-state index in [4.69, 9.17) is 16.3 Å². The van der Waals surface area contributed by atoms with E-state index in [1.165, 1.54) is 6.07 Å². The molecule has 0 aliphatic rings. The molecule has 0 spiro atoms. The van der Waals surface area contributed by atoms with Crippen LogP contribution in [0.15, 0.2) is 48.5 Å². The first-order valence-corrected chi connectivity index (χ1v) is 5.88. The second-order valence-electron chi connectivity index (χ2n) is 3.54. The summed E-state index contributed by atoms with van der Waals surface area (Å²) in [6.07, 6.45) is 0. The van der Waals surface area contributed by atoms with Crippen LogP contribution in [-0.4, -0.2) is 12.5 Å². The van der Waals surface area contributed by atoms with Crippen LogP contribution in [0.4, 0.5) is 4.39 Å². The van der Waals surface area contributed by atoms with Crippen molar-refractivity contribution in [2.24, 2.45) is 0 Å². The second-order valence-corrected chi connectivity index (χ2v) is 3.92. The molecule has 2 aromatic rings. The summed E-state index contributed by atoms with van der Waals surface area (Å²) in [6, 6.07) is 14.0. The maximum atomic E-state index is 13.5. The Bertz CT molecular complexity index is 482. The molecule has 0 saturated carbocycles. The number of rotatable bonds is 4. The summed E-state index contributed by atoms with van der Waals surface area (Å²) in [7, 11) is 0. The third-order valence-corrected chi connectivity index (χ3v) is 2.54. The fourth-order valence-corrected chi connectivity index (χ4v) is 1.66. The normalized spacial score (nSPS) is 10.2. The van der Waals surface area contributed by atoms with Crippen LogP contribution in [-0.2, 0) is 0 Å². The van der Waals surface area contributed by atoms with Gasteiger partial charge < -0.3 is 4.74 Å². The molecule has 88 valence electrons. The zero-order valence-electron chi connectivity index (χ0n) is 9.20. The van der Waals surface area contributed by atoms with Gasteiger partial charge in [0.15, 0.2) is 0 Å². The van der Waals surface area contributed by atoms with Gasteiger partial charge in [-0.25, -0.2) is 4.39 Å². The summed E-state index contributed by atoms with van der Waals surface area (Å²) in [5.74, 6) is 0.974. The Morgan fingerprint density at radius 2 is 1.71 bits per heavy atom. The molecule has 2 rings (SSSR count). The number of alkyl halides is 1. The molecular weight excluding hydrogens is 239 g/mol. The minimum absolute atomic E-state index is 0.220. The van der Waals surface area contributed by atoms with Crippen LogP contribution in [0.1, 0.15) is 0 Å². The van der Waals surface area contributed by atoms with Crippen LogP contribution in [0.25, 0.3) is 11.1 Å². The highest BCUT2D eigenvalue weighted by Crippen LogP contribution is 2.24. The average Bonchev–Trinajstić information content (AvgIpc) is 2.38. The van der Waals surface area contributed by atoms with Gasteiger partial charge in [-0.15, -0.1) is 11.6 Å². The van der Waals surface area contributed by atoms with E-state index in [9.17, 15) is 4.39 Å². The Hall–Kier alpha value is -1.54. The van der Waals surface area contributed by atoms with Crippen LogP contribution in [0, 0.1) is 5.82 Å². The number of halogens is 2. The molecule has 0 radical (unpaired) electrons. The Morgan fingerprint density at radius 3 is 2.35 bits per heavy atom. The predicted octanol–water partition coefficient (Wildman–Crippen LogP) is 4.11. The van der Waals surface area contributed by atoms with Crippen LogP contribution < -0.4 is 4.74 Å². The molecule has 3 heteroatoms. The zero-order valence-corrected chi connectivity index (χ0v) is 9.95. The quantitative estimate of drug-likeness (QED) is 0.742. The van der Waals surface area contributed by atoms with Crippen molar-refractivity contribution in [3.63, 3.8) is 0 Å². The summed E-state index contributed by atoms with van der Waals surface area (Å²) in [4.78, 5) is 0. The Morgan fingerprint density at radius 1 is 1.00 bits per heavy atom. The molecule has 0 unspecified atom stereocenters. The van der Waals surface area contributed by atoms with E-state index in [-0.39, 0.29) is 5.82 Å². The van der Waals surface area contributed by atoms with Gasteiger partial charge in [-0.05, 0) is 23.8 Å². The van der Waals surface area contributed by atoms with Crippen molar-refractivity contribution in [1.82, 2.24) is 0 Å². The van der Waals surface area contributed by atoms with Crippen molar-refractivity contribution in [2.45, 2.75) is 0 Å². The van der Waals surface area contributed by atoms with Crippen molar-refractivity contribution in [2.75, 3.05) is 12.5 Å². The van der Waals surface area contributed by atoms with E-state index >= 15 is 0 Å². The molecule has 17 heavy (non-hydrogen) atoms. The lowest BCUT2D eigenvalue weighted by Gasteiger charge is -2.06. The second kappa shape index (κ2) is 5.69. The van der Waals surface area contributed by atoms with Crippen molar-refractivity contribution in [3.8, 4) is 16.9 Å². The van der Waals surface area contributed by atoms with Crippen LogP contribution in [0.2, 0.25) is 0 Å². The standard InChI is InChI=1S/C14H12ClFO/c15-9-10-17-12-7-5-11(6-8-12)13-3-1-2-4-14(13)16/h1-8H,9-10H2. The molecule has 1 nitrogen and oxygen atoms in total. The third kappa shape index (κ3) is 2.98. The van der Waals surface area contributed by atoms with Crippen molar-refractivity contribution in [1.29, 1.82) is 0 Å². The molecule has 0 aliphatic heterocycles. The summed E-state index contributed by atoms with van der Waals surface area (Å²) >= 11 is 5.52. The molecule has 0 N–H and O–H groups in total. The van der Waals surface area contributed by atoms with E-state index in [1.807, 2.05) is 30.3 Å². The highest BCUT2D eigenvalue weighted by atomic mass is 35.5. The lowest BCUT2D eigenvalue weighted by molar-refractivity contribution is 0.343. The SMILES string of the molecule is Fc1ccccc1-c1ccc(OCCCl)cc1. The first-order chi connectivity index (χ1) is 8.31. The maximum Gasteiger partial charge on any atom is 0.131 e. The molecule has 0 atom stereocenters. The van der Waals surface area contributed by atoms with Gasteiger partial charge in [0.2, 0.25) is 0 Å². The zero-order chi connectivity index (χ0) is 12.1. The van der Waals surface area contributed by atoms with Crippen molar-refractivity contribution < 1.29 is 9.13 Å². The summed E-state index contributed by atoms with van der Waals surface area (Å²) < 4.78 is 18.9. The van der Waals surface area contributed by atoms with E-state index < -0.39 is 0 Å².